The lowest BCUT2D eigenvalue weighted by Gasteiger charge is -2.32. The molecule has 2 rings (SSSR count). The number of anilines is 1. The first-order chi connectivity index (χ1) is 8.18. The third kappa shape index (κ3) is 2.71. The lowest BCUT2D eigenvalue weighted by Crippen LogP contribution is -2.41. The van der Waals surface area contributed by atoms with E-state index in [2.05, 4.69) is 15.2 Å². The third-order valence-corrected chi connectivity index (χ3v) is 3.16. The van der Waals surface area contributed by atoms with Crippen LogP contribution in [0.2, 0.25) is 0 Å². The van der Waals surface area contributed by atoms with E-state index in [4.69, 9.17) is 0 Å². The molecule has 0 bridgehead atoms. The van der Waals surface area contributed by atoms with Gasteiger partial charge in [-0.1, -0.05) is 0 Å². The van der Waals surface area contributed by atoms with Gasteiger partial charge in [0.1, 0.15) is 12.0 Å². The number of hydrogen-bond acceptors (Lipinski definition) is 5. The van der Waals surface area contributed by atoms with E-state index in [1.54, 1.807) is 6.07 Å². The number of piperidine rings is 1. The first-order valence-electron chi connectivity index (χ1n) is 5.72. The molecule has 6 nitrogen and oxygen atoms in total. The molecule has 1 saturated heterocycles. The molecule has 0 unspecified atom stereocenters. The van der Waals surface area contributed by atoms with Gasteiger partial charge in [0.2, 0.25) is 0 Å². The van der Waals surface area contributed by atoms with Gasteiger partial charge in [0, 0.05) is 19.2 Å². The number of nitrogens with one attached hydrogen (secondary N) is 1. The Morgan fingerprint density at radius 2 is 2.18 bits per heavy atom. The van der Waals surface area contributed by atoms with Crippen LogP contribution in [-0.2, 0) is 0 Å². The van der Waals surface area contributed by atoms with Crippen LogP contribution in [0, 0.1) is 10.1 Å². The van der Waals surface area contributed by atoms with Crippen molar-refractivity contribution in [2.45, 2.75) is 18.9 Å². The van der Waals surface area contributed by atoms with E-state index in [-0.39, 0.29) is 5.69 Å². The molecule has 1 aliphatic heterocycles. The molecule has 0 aromatic carbocycles. The summed E-state index contributed by atoms with van der Waals surface area (Å²) in [6.45, 7) is 2.03. The molecule has 17 heavy (non-hydrogen) atoms. The van der Waals surface area contributed by atoms with Gasteiger partial charge in [-0.15, -0.1) is 0 Å². The zero-order chi connectivity index (χ0) is 12.3. The zero-order valence-electron chi connectivity index (χ0n) is 9.80. The molecule has 0 atom stereocenters. The van der Waals surface area contributed by atoms with Crippen LogP contribution in [0.1, 0.15) is 12.8 Å². The Balaban J connectivity index is 2.07. The Bertz CT molecular complexity index is 387. The minimum Gasteiger partial charge on any atom is -0.357 e. The molecule has 1 N–H and O–H groups in total. The summed E-state index contributed by atoms with van der Waals surface area (Å²) in [7, 11) is 1.99. The van der Waals surface area contributed by atoms with Gasteiger partial charge >= 0.3 is 0 Å². The number of pyridine rings is 1. The van der Waals surface area contributed by atoms with Crippen molar-refractivity contribution in [3.63, 3.8) is 0 Å². The molecule has 1 aromatic heterocycles. The van der Waals surface area contributed by atoms with Crippen LogP contribution in [0.4, 0.5) is 11.5 Å². The molecule has 0 aliphatic carbocycles. The molecule has 0 radical (unpaired) electrons. The predicted molar refractivity (Wildman–Crippen MR) is 65.2 cm³/mol. The van der Waals surface area contributed by atoms with E-state index in [1.165, 1.54) is 12.3 Å². The molecule has 1 fully saturated rings. The molecule has 92 valence electrons. The summed E-state index contributed by atoms with van der Waals surface area (Å²) in [5.74, 6) is 0.794. The van der Waals surface area contributed by atoms with Gasteiger partial charge in [-0.3, -0.25) is 10.1 Å². The normalized spacial score (nSPS) is 16.8. The highest BCUT2D eigenvalue weighted by atomic mass is 16.6. The SMILES string of the molecule is CN(c1ccc([N+](=O)[O-])cn1)C1CCNCC1. The highest BCUT2D eigenvalue weighted by molar-refractivity contribution is 5.43. The predicted octanol–water partition coefficient (Wildman–Crippen LogP) is 1.18. The van der Waals surface area contributed by atoms with E-state index in [0.717, 1.165) is 31.7 Å². The lowest BCUT2D eigenvalue weighted by atomic mass is 10.1. The van der Waals surface area contributed by atoms with Crippen molar-refractivity contribution >= 4 is 11.5 Å². The summed E-state index contributed by atoms with van der Waals surface area (Å²) in [5.41, 5.74) is 0.0347. The van der Waals surface area contributed by atoms with Crippen molar-refractivity contribution in [2.24, 2.45) is 0 Å². The summed E-state index contributed by atoms with van der Waals surface area (Å²) >= 11 is 0. The Morgan fingerprint density at radius 3 is 2.71 bits per heavy atom. The minimum atomic E-state index is -0.429. The van der Waals surface area contributed by atoms with Crippen molar-refractivity contribution in [1.29, 1.82) is 0 Å². The van der Waals surface area contributed by atoms with Crippen LogP contribution in [0.5, 0.6) is 0 Å². The second-order valence-corrected chi connectivity index (χ2v) is 4.22. The van der Waals surface area contributed by atoms with E-state index in [1.807, 2.05) is 7.05 Å². The summed E-state index contributed by atoms with van der Waals surface area (Å²) in [5, 5.41) is 13.8. The number of aromatic nitrogens is 1. The van der Waals surface area contributed by atoms with Gasteiger partial charge in [-0.2, -0.15) is 0 Å². The largest absolute Gasteiger partial charge is 0.357 e. The van der Waals surface area contributed by atoms with Crippen LogP contribution >= 0.6 is 0 Å². The molecule has 2 heterocycles. The van der Waals surface area contributed by atoms with Crippen LogP contribution in [0.3, 0.4) is 0 Å². The molecule has 0 saturated carbocycles. The van der Waals surface area contributed by atoms with Crippen molar-refractivity contribution in [3.8, 4) is 0 Å². The van der Waals surface area contributed by atoms with Crippen LogP contribution in [0.15, 0.2) is 18.3 Å². The molecule has 0 spiro atoms. The minimum absolute atomic E-state index is 0.0347. The average Bonchev–Trinajstić information content (AvgIpc) is 2.39. The van der Waals surface area contributed by atoms with Gasteiger partial charge in [-0.05, 0) is 32.0 Å². The van der Waals surface area contributed by atoms with Crippen molar-refractivity contribution in [1.82, 2.24) is 10.3 Å². The summed E-state index contributed by atoms with van der Waals surface area (Å²) in [6.07, 6.45) is 3.47. The second-order valence-electron chi connectivity index (χ2n) is 4.22. The maximum atomic E-state index is 10.5. The fourth-order valence-electron chi connectivity index (χ4n) is 2.08. The molecule has 0 amide bonds. The Hall–Kier alpha value is -1.69. The van der Waals surface area contributed by atoms with Gasteiger partial charge in [0.25, 0.3) is 5.69 Å². The monoisotopic (exact) mass is 236 g/mol. The standard InChI is InChI=1S/C11H16N4O2/c1-14(9-4-6-12-7-5-9)11-3-2-10(8-13-11)15(16)17/h2-3,8-9,12H,4-7H2,1H3. The van der Waals surface area contributed by atoms with E-state index >= 15 is 0 Å². The van der Waals surface area contributed by atoms with E-state index in [9.17, 15) is 10.1 Å². The molecule has 1 aromatic rings. The fraction of sp³-hybridized carbons (Fsp3) is 0.545. The maximum absolute atomic E-state index is 10.5. The third-order valence-electron chi connectivity index (χ3n) is 3.16. The van der Waals surface area contributed by atoms with Crippen LogP contribution in [-0.4, -0.2) is 36.1 Å². The lowest BCUT2D eigenvalue weighted by molar-refractivity contribution is -0.385. The van der Waals surface area contributed by atoms with Gasteiger partial charge in [0.15, 0.2) is 0 Å². The summed E-state index contributed by atoms with van der Waals surface area (Å²) < 4.78 is 0. The Morgan fingerprint density at radius 1 is 1.47 bits per heavy atom. The molecule has 6 heteroatoms. The molecule has 1 aliphatic rings. The Kier molecular flexibility index (Phi) is 3.53. The first-order valence-corrected chi connectivity index (χ1v) is 5.72. The van der Waals surface area contributed by atoms with E-state index in [0.29, 0.717) is 6.04 Å². The summed E-state index contributed by atoms with van der Waals surface area (Å²) in [4.78, 5) is 16.3. The first kappa shape index (κ1) is 11.8. The highest BCUT2D eigenvalue weighted by Crippen LogP contribution is 2.19. The number of hydrogen-bond donors (Lipinski definition) is 1. The number of rotatable bonds is 3. The van der Waals surface area contributed by atoms with Crippen LogP contribution < -0.4 is 10.2 Å². The second kappa shape index (κ2) is 5.09. The van der Waals surface area contributed by atoms with Gasteiger partial charge < -0.3 is 10.2 Å². The summed E-state index contributed by atoms with van der Waals surface area (Å²) in [6, 6.07) is 3.67. The highest BCUT2D eigenvalue weighted by Gasteiger charge is 2.19. The average molecular weight is 236 g/mol. The molecular weight excluding hydrogens is 220 g/mol. The van der Waals surface area contributed by atoms with Crippen molar-refractivity contribution in [2.75, 3.05) is 25.0 Å². The zero-order valence-corrected chi connectivity index (χ0v) is 9.80. The Labute approximate surface area is 99.8 Å². The van der Waals surface area contributed by atoms with Gasteiger partial charge in [-0.25, -0.2) is 4.98 Å². The topological polar surface area (TPSA) is 71.3 Å². The molecular formula is C11H16N4O2. The smallest absolute Gasteiger partial charge is 0.287 e. The van der Waals surface area contributed by atoms with E-state index < -0.39 is 4.92 Å². The van der Waals surface area contributed by atoms with Crippen LogP contribution in [0.25, 0.3) is 0 Å². The van der Waals surface area contributed by atoms with Crippen molar-refractivity contribution in [3.05, 3.63) is 28.4 Å². The fourth-order valence-corrected chi connectivity index (χ4v) is 2.08. The number of nitrogens with zero attached hydrogens (tertiary/aromatic N) is 3. The number of nitro groups is 1. The van der Waals surface area contributed by atoms with Gasteiger partial charge in [0.05, 0.1) is 4.92 Å². The van der Waals surface area contributed by atoms with Crippen molar-refractivity contribution < 1.29 is 4.92 Å². The quantitative estimate of drug-likeness (QED) is 0.630. The maximum Gasteiger partial charge on any atom is 0.287 e.